The van der Waals surface area contributed by atoms with Gasteiger partial charge in [-0.25, -0.2) is 0 Å². The van der Waals surface area contributed by atoms with Gasteiger partial charge >= 0.3 is 29.6 Å². The van der Waals surface area contributed by atoms with Crippen molar-refractivity contribution in [3.05, 3.63) is 24.3 Å². The van der Waals surface area contributed by atoms with Crippen molar-refractivity contribution in [3.8, 4) is 0 Å². The van der Waals surface area contributed by atoms with Crippen LogP contribution in [0.3, 0.4) is 0 Å². The van der Waals surface area contributed by atoms with Crippen LogP contribution < -0.4 is 34.7 Å². The van der Waals surface area contributed by atoms with E-state index in [4.69, 9.17) is 0 Å². The van der Waals surface area contributed by atoms with E-state index in [0.717, 1.165) is 38.8 Å². The monoisotopic (exact) mass is 429 g/mol. The second-order valence-electron chi connectivity index (χ2n) is 8.50. The second kappa shape index (κ2) is 23.6. The first-order chi connectivity index (χ1) is 14.1. The predicted octanol–water partition coefficient (Wildman–Crippen LogP) is 3.15. The third kappa shape index (κ3) is 19.8. The zero-order chi connectivity index (χ0) is 21.7. The normalized spacial score (nSPS) is 13.8. The first-order valence-electron chi connectivity index (χ1n) is 12.3. The molecule has 0 aliphatic heterocycles. The van der Waals surface area contributed by atoms with Crippen LogP contribution in [0, 0.1) is 11.8 Å². The maximum absolute atomic E-state index is 11.3. The Morgan fingerprint density at radius 2 is 1.17 bits per heavy atom. The fourth-order valence-corrected chi connectivity index (χ4v) is 3.82. The van der Waals surface area contributed by atoms with Crippen molar-refractivity contribution in [2.45, 2.75) is 105 Å². The molecule has 0 fully saturated rings. The number of unbranched alkanes of at least 4 members (excludes halogenated alkanes) is 4. The summed E-state index contributed by atoms with van der Waals surface area (Å²) < 4.78 is 0. The number of allylic oxidation sites excluding steroid dienone is 4. The molecule has 2 atom stereocenters. The maximum Gasteiger partial charge on any atom is 1.00 e. The average molecular weight is 430 g/mol. The molecule has 0 heterocycles. The summed E-state index contributed by atoms with van der Waals surface area (Å²) in [7, 11) is 0. The van der Waals surface area contributed by atoms with Gasteiger partial charge in [0.2, 0.25) is 0 Å². The molecule has 0 N–H and O–H groups in total. The van der Waals surface area contributed by atoms with E-state index in [1.165, 1.54) is 51.4 Å². The minimum atomic E-state index is -0.945. The van der Waals surface area contributed by atoms with Gasteiger partial charge in [-0.05, 0) is 63.2 Å². The summed E-state index contributed by atoms with van der Waals surface area (Å²) in [4.78, 5) is 13.5. The summed E-state index contributed by atoms with van der Waals surface area (Å²) in [5.74, 6) is 0.200. The summed E-state index contributed by atoms with van der Waals surface area (Å²) in [6, 6.07) is 0. The van der Waals surface area contributed by atoms with Crippen LogP contribution in [0.25, 0.3) is 0 Å². The number of carboxylic acids is 1. The second-order valence-corrected chi connectivity index (χ2v) is 8.50. The number of carboxylic acid groups (broad SMARTS) is 1. The van der Waals surface area contributed by atoms with E-state index >= 15 is 0 Å². The molecule has 0 radical (unpaired) electrons. The summed E-state index contributed by atoms with van der Waals surface area (Å²) in [5, 5.41) is 11.3. The number of carbonyl (C=O) groups excluding carboxylic acids is 1. The fraction of sp³-hybridized carbons (Fsp3) is 0.808. The van der Waals surface area contributed by atoms with Gasteiger partial charge in [-0.2, -0.15) is 0 Å². The molecule has 0 amide bonds. The molecule has 4 heteroatoms. The van der Waals surface area contributed by atoms with E-state index in [0.29, 0.717) is 11.8 Å². The Morgan fingerprint density at radius 1 is 0.767 bits per heavy atom. The van der Waals surface area contributed by atoms with Gasteiger partial charge in [0.05, 0.1) is 5.97 Å². The van der Waals surface area contributed by atoms with Crippen molar-refractivity contribution >= 4 is 5.97 Å². The summed E-state index contributed by atoms with van der Waals surface area (Å²) in [6.45, 7) is 10.7. The Morgan fingerprint density at radius 3 is 1.50 bits per heavy atom. The van der Waals surface area contributed by atoms with E-state index in [2.05, 4.69) is 56.9 Å². The Bertz CT molecular complexity index is 405. The quantitative estimate of drug-likeness (QED) is 0.170. The van der Waals surface area contributed by atoms with Crippen molar-refractivity contribution in [3.63, 3.8) is 0 Å². The molecule has 30 heavy (non-hydrogen) atoms. The smallest absolute Gasteiger partial charge is 0.549 e. The number of hydrogen-bond acceptors (Lipinski definition) is 3. The molecule has 0 bridgehead atoms. The van der Waals surface area contributed by atoms with E-state index in [1.807, 2.05) is 0 Å². The van der Waals surface area contributed by atoms with E-state index < -0.39 is 5.97 Å². The third-order valence-corrected chi connectivity index (χ3v) is 5.75. The molecule has 3 nitrogen and oxygen atoms in total. The molecule has 0 aromatic heterocycles. The Kier molecular flexibility index (Phi) is 25.2. The standard InChI is InChI=1S/C26H49NO2.Na/c1-5-9-11-13-15-17-19-24(7-3)21-27(23-26(28)29)22-25(8-4)20-18-16-14-12-10-6-2;/h11-14,24-25H,5-10,15-23H2,1-4H3,(H,28,29);/q;+1/p-1/b13-11+,14-12+;. The minimum Gasteiger partial charge on any atom is -0.549 e. The molecule has 0 aliphatic carbocycles. The van der Waals surface area contributed by atoms with Crippen molar-refractivity contribution in [1.82, 2.24) is 4.90 Å². The summed E-state index contributed by atoms with van der Waals surface area (Å²) in [6.07, 6.45) is 23.2. The van der Waals surface area contributed by atoms with Gasteiger partial charge in [-0.3, -0.25) is 4.90 Å². The molecule has 2 unspecified atom stereocenters. The molecule has 0 aliphatic rings. The third-order valence-electron chi connectivity index (χ3n) is 5.75. The van der Waals surface area contributed by atoms with Crippen LogP contribution in [0.2, 0.25) is 0 Å². The first kappa shape index (κ1) is 32.1. The van der Waals surface area contributed by atoms with Crippen molar-refractivity contribution < 1.29 is 39.5 Å². The van der Waals surface area contributed by atoms with Crippen LogP contribution in [0.4, 0.5) is 0 Å². The SMILES string of the molecule is CCC/C=C/CCCC(CC)CN(CC(=O)[O-])CC(CC)CCC/C=C/CCC.[Na+]. The van der Waals surface area contributed by atoms with Gasteiger partial charge < -0.3 is 9.90 Å². The van der Waals surface area contributed by atoms with Gasteiger partial charge in [0.1, 0.15) is 0 Å². The maximum atomic E-state index is 11.3. The number of hydrogen-bond donors (Lipinski definition) is 0. The molecule has 0 aromatic carbocycles. The average Bonchev–Trinajstić information content (AvgIpc) is 2.70. The van der Waals surface area contributed by atoms with Gasteiger partial charge in [0.15, 0.2) is 0 Å². The largest absolute Gasteiger partial charge is 1.00 e. The van der Waals surface area contributed by atoms with Crippen LogP contribution in [-0.2, 0) is 4.79 Å². The van der Waals surface area contributed by atoms with Crippen LogP contribution in [0.5, 0.6) is 0 Å². The zero-order valence-corrected chi connectivity index (χ0v) is 22.8. The van der Waals surface area contributed by atoms with E-state index in [9.17, 15) is 9.90 Å². The Balaban J connectivity index is 0. The van der Waals surface area contributed by atoms with Crippen LogP contribution >= 0.6 is 0 Å². The predicted molar refractivity (Wildman–Crippen MR) is 125 cm³/mol. The van der Waals surface area contributed by atoms with Crippen molar-refractivity contribution in [1.29, 1.82) is 0 Å². The molecule has 0 aromatic rings. The summed E-state index contributed by atoms with van der Waals surface area (Å²) >= 11 is 0. The van der Waals surface area contributed by atoms with E-state index in [1.54, 1.807) is 0 Å². The van der Waals surface area contributed by atoms with Gasteiger partial charge in [0, 0.05) is 19.6 Å². The first-order valence-corrected chi connectivity index (χ1v) is 12.3. The molecule has 0 saturated heterocycles. The van der Waals surface area contributed by atoms with E-state index in [-0.39, 0.29) is 36.1 Å². The zero-order valence-electron chi connectivity index (χ0n) is 20.8. The molecular formula is C26H48NNaO2. The number of carbonyl (C=O) groups is 1. The molecule has 0 spiro atoms. The van der Waals surface area contributed by atoms with Crippen molar-refractivity contribution in [2.24, 2.45) is 11.8 Å². The number of nitrogens with zero attached hydrogens (tertiary/aromatic N) is 1. The van der Waals surface area contributed by atoms with Crippen molar-refractivity contribution in [2.75, 3.05) is 19.6 Å². The Labute approximate surface area is 210 Å². The number of rotatable bonds is 20. The molecule has 0 saturated carbocycles. The number of aliphatic carboxylic acids is 1. The van der Waals surface area contributed by atoms with Gasteiger partial charge in [-0.1, -0.05) is 77.7 Å². The Hall–Kier alpha value is -0.0900. The fourth-order valence-electron chi connectivity index (χ4n) is 3.82. The van der Waals surface area contributed by atoms with Crippen LogP contribution in [0.15, 0.2) is 24.3 Å². The molecular weight excluding hydrogens is 381 g/mol. The van der Waals surface area contributed by atoms with Gasteiger partial charge in [-0.15, -0.1) is 0 Å². The van der Waals surface area contributed by atoms with Crippen LogP contribution in [-0.4, -0.2) is 30.5 Å². The minimum absolute atomic E-state index is 0. The van der Waals surface area contributed by atoms with Gasteiger partial charge in [0.25, 0.3) is 0 Å². The molecule has 170 valence electrons. The molecule has 0 rings (SSSR count). The topological polar surface area (TPSA) is 43.4 Å². The summed E-state index contributed by atoms with van der Waals surface area (Å²) in [5.41, 5.74) is 0. The van der Waals surface area contributed by atoms with Crippen LogP contribution in [0.1, 0.15) is 105 Å².